The van der Waals surface area contributed by atoms with E-state index in [9.17, 15) is 0 Å². The molecule has 3 N–H and O–H groups in total. The standard InChI is InChI=1S/C16H23N5O/c1-4-21(5-2)16-14(17)15(19-11-20-16)18-10-12-6-8-13(22-3)9-7-12/h6-9,11H,4-5,10,17H2,1-3H3,(H,18,19,20). The Morgan fingerprint density at radius 2 is 1.82 bits per heavy atom. The Balaban J connectivity index is 2.10. The van der Waals surface area contributed by atoms with Gasteiger partial charge >= 0.3 is 0 Å². The van der Waals surface area contributed by atoms with Gasteiger partial charge in [0.15, 0.2) is 11.6 Å². The molecule has 0 fully saturated rings. The smallest absolute Gasteiger partial charge is 0.157 e. The van der Waals surface area contributed by atoms with Crippen LogP contribution in [-0.4, -0.2) is 30.2 Å². The average molecular weight is 301 g/mol. The maximum atomic E-state index is 6.20. The zero-order valence-electron chi connectivity index (χ0n) is 13.3. The highest BCUT2D eigenvalue weighted by Gasteiger charge is 2.12. The summed E-state index contributed by atoms with van der Waals surface area (Å²) in [5, 5.41) is 3.27. The molecule has 0 atom stereocenters. The number of methoxy groups -OCH3 is 1. The summed E-state index contributed by atoms with van der Waals surface area (Å²) >= 11 is 0. The highest BCUT2D eigenvalue weighted by molar-refractivity contribution is 5.74. The molecule has 6 heteroatoms. The third kappa shape index (κ3) is 3.58. The van der Waals surface area contributed by atoms with Crippen molar-refractivity contribution in [3.63, 3.8) is 0 Å². The van der Waals surface area contributed by atoms with Crippen LogP contribution >= 0.6 is 0 Å². The van der Waals surface area contributed by atoms with E-state index in [1.54, 1.807) is 13.4 Å². The van der Waals surface area contributed by atoms with Gasteiger partial charge in [0.05, 0.1) is 7.11 Å². The summed E-state index contributed by atoms with van der Waals surface area (Å²) in [6, 6.07) is 7.88. The molecule has 0 spiro atoms. The van der Waals surface area contributed by atoms with Gasteiger partial charge in [-0.1, -0.05) is 12.1 Å². The van der Waals surface area contributed by atoms with E-state index in [4.69, 9.17) is 10.5 Å². The summed E-state index contributed by atoms with van der Waals surface area (Å²) in [7, 11) is 1.66. The molecule has 0 aliphatic carbocycles. The number of nitrogens with zero attached hydrogens (tertiary/aromatic N) is 3. The maximum Gasteiger partial charge on any atom is 0.157 e. The number of benzene rings is 1. The SMILES string of the molecule is CCN(CC)c1ncnc(NCc2ccc(OC)cc2)c1N. The zero-order chi connectivity index (χ0) is 15.9. The van der Waals surface area contributed by atoms with Crippen LogP contribution in [0.2, 0.25) is 0 Å². The van der Waals surface area contributed by atoms with Crippen molar-refractivity contribution >= 4 is 17.3 Å². The molecular formula is C16H23N5O. The van der Waals surface area contributed by atoms with Gasteiger partial charge in [0.2, 0.25) is 0 Å². The summed E-state index contributed by atoms with van der Waals surface area (Å²) in [5.41, 5.74) is 7.91. The van der Waals surface area contributed by atoms with E-state index < -0.39 is 0 Å². The molecule has 0 bridgehead atoms. The summed E-state index contributed by atoms with van der Waals surface area (Å²) < 4.78 is 5.15. The first-order valence-corrected chi connectivity index (χ1v) is 7.41. The predicted octanol–water partition coefficient (Wildman–Crippen LogP) is 2.53. The number of anilines is 3. The third-order valence-electron chi connectivity index (χ3n) is 3.54. The molecule has 1 aromatic heterocycles. The van der Waals surface area contributed by atoms with Crippen LogP contribution < -0.4 is 20.7 Å². The van der Waals surface area contributed by atoms with Crippen LogP contribution in [0.5, 0.6) is 5.75 Å². The van der Waals surface area contributed by atoms with Crippen molar-refractivity contribution in [2.24, 2.45) is 0 Å². The van der Waals surface area contributed by atoms with Gasteiger partial charge in [0, 0.05) is 19.6 Å². The third-order valence-corrected chi connectivity index (χ3v) is 3.54. The first-order chi connectivity index (χ1) is 10.7. The second kappa shape index (κ2) is 7.49. The quantitative estimate of drug-likeness (QED) is 0.818. The van der Waals surface area contributed by atoms with Gasteiger partial charge in [0.25, 0.3) is 0 Å². The van der Waals surface area contributed by atoms with Crippen LogP contribution in [-0.2, 0) is 6.54 Å². The van der Waals surface area contributed by atoms with Crippen LogP contribution in [0.4, 0.5) is 17.3 Å². The molecule has 0 radical (unpaired) electrons. The van der Waals surface area contributed by atoms with E-state index in [1.807, 2.05) is 24.3 Å². The number of nitrogens with one attached hydrogen (secondary N) is 1. The molecule has 6 nitrogen and oxygen atoms in total. The van der Waals surface area contributed by atoms with Crippen molar-refractivity contribution in [2.75, 3.05) is 36.1 Å². The fourth-order valence-corrected chi connectivity index (χ4v) is 2.23. The lowest BCUT2D eigenvalue weighted by atomic mass is 10.2. The Bertz CT molecular complexity index is 596. The molecule has 2 rings (SSSR count). The van der Waals surface area contributed by atoms with Crippen LogP contribution in [0, 0.1) is 0 Å². The molecule has 0 aliphatic heterocycles. The summed E-state index contributed by atoms with van der Waals surface area (Å²) in [5.74, 6) is 2.28. The number of aromatic nitrogens is 2. The van der Waals surface area contributed by atoms with Crippen LogP contribution in [0.1, 0.15) is 19.4 Å². The lowest BCUT2D eigenvalue weighted by Gasteiger charge is -2.22. The first kappa shape index (κ1) is 15.9. The Morgan fingerprint density at radius 1 is 1.14 bits per heavy atom. The molecule has 1 heterocycles. The van der Waals surface area contributed by atoms with E-state index in [2.05, 4.69) is 34.0 Å². The normalized spacial score (nSPS) is 10.3. The molecular weight excluding hydrogens is 278 g/mol. The van der Waals surface area contributed by atoms with E-state index in [0.717, 1.165) is 30.2 Å². The highest BCUT2D eigenvalue weighted by atomic mass is 16.5. The van der Waals surface area contributed by atoms with Gasteiger partial charge < -0.3 is 20.7 Å². The van der Waals surface area contributed by atoms with Crippen LogP contribution in [0.25, 0.3) is 0 Å². The zero-order valence-corrected chi connectivity index (χ0v) is 13.3. The molecule has 0 amide bonds. The van der Waals surface area contributed by atoms with Gasteiger partial charge in [-0.2, -0.15) is 0 Å². The Kier molecular flexibility index (Phi) is 5.41. The Labute approximate surface area is 131 Å². The Hall–Kier alpha value is -2.50. The van der Waals surface area contributed by atoms with Gasteiger partial charge in [0.1, 0.15) is 17.8 Å². The highest BCUT2D eigenvalue weighted by Crippen LogP contribution is 2.26. The number of hydrogen-bond donors (Lipinski definition) is 2. The minimum absolute atomic E-state index is 0.583. The summed E-state index contributed by atoms with van der Waals surface area (Å²) in [6.45, 7) is 6.51. The molecule has 22 heavy (non-hydrogen) atoms. The van der Waals surface area contributed by atoms with Gasteiger partial charge in [-0.3, -0.25) is 0 Å². The fourth-order valence-electron chi connectivity index (χ4n) is 2.23. The van der Waals surface area contributed by atoms with Crippen LogP contribution in [0.3, 0.4) is 0 Å². The Morgan fingerprint density at radius 3 is 2.41 bits per heavy atom. The van der Waals surface area contributed by atoms with Crippen molar-refractivity contribution in [2.45, 2.75) is 20.4 Å². The van der Waals surface area contributed by atoms with Crippen molar-refractivity contribution in [3.05, 3.63) is 36.2 Å². The van der Waals surface area contributed by atoms with Crippen molar-refractivity contribution in [1.82, 2.24) is 9.97 Å². The van der Waals surface area contributed by atoms with Crippen molar-refractivity contribution < 1.29 is 4.74 Å². The second-order valence-electron chi connectivity index (χ2n) is 4.83. The van der Waals surface area contributed by atoms with E-state index in [1.165, 1.54) is 0 Å². The molecule has 0 saturated carbocycles. The largest absolute Gasteiger partial charge is 0.497 e. The topological polar surface area (TPSA) is 76.3 Å². The molecule has 118 valence electrons. The first-order valence-electron chi connectivity index (χ1n) is 7.41. The van der Waals surface area contributed by atoms with Gasteiger partial charge in [-0.25, -0.2) is 9.97 Å². The second-order valence-corrected chi connectivity index (χ2v) is 4.83. The number of nitrogens with two attached hydrogens (primary N) is 1. The molecule has 1 aromatic carbocycles. The molecule has 0 saturated heterocycles. The fraction of sp³-hybridized carbons (Fsp3) is 0.375. The van der Waals surface area contributed by atoms with E-state index in [0.29, 0.717) is 18.1 Å². The monoisotopic (exact) mass is 301 g/mol. The van der Waals surface area contributed by atoms with Crippen molar-refractivity contribution in [3.8, 4) is 5.75 Å². The van der Waals surface area contributed by atoms with Gasteiger partial charge in [-0.15, -0.1) is 0 Å². The predicted molar refractivity (Wildman–Crippen MR) is 90.3 cm³/mol. The number of nitrogen functional groups attached to an aromatic ring is 1. The number of ether oxygens (including phenoxy) is 1. The number of hydrogen-bond acceptors (Lipinski definition) is 6. The lowest BCUT2D eigenvalue weighted by Crippen LogP contribution is -2.24. The van der Waals surface area contributed by atoms with Gasteiger partial charge in [-0.05, 0) is 31.5 Å². The minimum atomic E-state index is 0.583. The summed E-state index contributed by atoms with van der Waals surface area (Å²) in [6.07, 6.45) is 1.54. The van der Waals surface area contributed by atoms with Crippen LogP contribution in [0.15, 0.2) is 30.6 Å². The average Bonchev–Trinajstić information content (AvgIpc) is 2.57. The molecule has 2 aromatic rings. The molecule has 0 aliphatic rings. The van der Waals surface area contributed by atoms with E-state index in [-0.39, 0.29) is 0 Å². The summed E-state index contributed by atoms with van der Waals surface area (Å²) in [4.78, 5) is 10.6. The minimum Gasteiger partial charge on any atom is -0.497 e. The maximum absolute atomic E-state index is 6.20. The van der Waals surface area contributed by atoms with Crippen molar-refractivity contribution in [1.29, 1.82) is 0 Å². The lowest BCUT2D eigenvalue weighted by molar-refractivity contribution is 0.414. The number of rotatable bonds is 7. The molecule has 0 unspecified atom stereocenters. The van der Waals surface area contributed by atoms with E-state index >= 15 is 0 Å².